The van der Waals surface area contributed by atoms with Gasteiger partial charge in [-0.3, -0.25) is 14.9 Å². The van der Waals surface area contributed by atoms with E-state index in [-0.39, 0.29) is 11.6 Å². The van der Waals surface area contributed by atoms with Crippen LogP contribution >= 0.6 is 11.3 Å². The van der Waals surface area contributed by atoms with Crippen molar-refractivity contribution in [1.29, 1.82) is 0 Å². The first-order chi connectivity index (χ1) is 11.6. The number of hydrogen-bond donors (Lipinski definition) is 0. The summed E-state index contributed by atoms with van der Waals surface area (Å²) in [6, 6.07) is 13.4. The van der Waals surface area contributed by atoms with Crippen molar-refractivity contribution in [2.24, 2.45) is 0 Å². The van der Waals surface area contributed by atoms with E-state index in [4.69, 9.17) is 4.42 Å². The third-order valence-electron chi connectivity index (χ3n) is 3.47. The summed E-state index contributed by atoms with van der Waals surface area (Å²) in [6.45, 7) is 0.677. The molecule has 2 aromatic heterocycles. The zero-order valence-corrected chi connectivity index (χ0v) is 13.4. The lowest BCUT2D eigenvalue weighted by Crippen LogP contribution is -2.29. The Morgan fingerprint density at radius 2 is 1.92 bits per heavy atom. The number of hydrogen-bond acceptors (Lipinski definition) is 5. The van der Waals surface area contributed by atoms with Crippen molar-refractivity contribution >= 4 is 22.9 Å². The van der Waals surface area contributed by atoms with Gasteiger partial charge < -0.3 is 9.32 Å². The van der Waals surface area contributed by atoms with Crippen LogP contribution in [0.3, 0.4) is 0 Å². The van der Waals surface area contributed by atoms with Crippen LogP contribution in [0.15, 0.2) is 64.6 Å². The number of nitro groups is 1. The average Bonchev–Trinajstić information content (AvgIpc) is 3.28. The molecule has 0 bridgehead atoms. The minimum Gasteiger partial charge on any atom is -0.467 e. The molecule has 0 N–H and O–H groups in total. The number of nitrogens with zero attached hydrogens (tertiary/aromatic N) is 2. The van der Waals surface area contributed by atoms with E-state index in [0.29, 0.717) is 23.7 Å². The maximum absolute atomic E-state index is 12.7. The molecule has 0 atom stereocenters. The molecular formula is C17H14N2O4S. The van der Waals surface area contributed by atoms with Crippen molar-refractivity contribution in [3.8, 4) is 0 Å². The maximum atomic E-state index is 12.7. The molecule has 122 valence electrons. The molecule has 0 aliphatic heterocycles. The Kier molecular flexibility index (Phi) is 4.72. The molecule has 3 rings (SSSR count). The van der Waals surface area contributed by atoms with Crippen LogP contribution in [0, 0.1) is 10.1 Å². The van der Waals surface area contributed by atoms with E-state index in [9.17, 15) is 14.9 Å². The molecule has 0 aliphatic carbocycles. The standard InChI is InChI=1S/C17H14N2O4S/c20-17(16-4-2-10-24-16)18(12-15-3-1-9-23-15)11-13-5-7-14(8-6-13)19(21)22/h1-10H,11-12H2. The molecule has 0 aliphatic rings. The first-order valence-electron chi connectivity index (χ1n) is 7.22. The zero-order valence-electron chi connectivity index (χ0n) is 12.6. The van der Waals surface area contributed by atoms with Gasteiger partial charge in [0.25, 0.3) is 11.6 Å². The molecule has 7 heteroatoms. The number of carbonyl (C=O) groups is 1. The summed E-state index contributed by atoms with van der Waals surface area (Å²) >= 11 is 1.38. The SMILES string of the molecule is O=C(c1cccs1)N(Cc1ccc([N+](=O)[O-])cc1)Cc1ccco1. The predicted molar refractivity (Wildman–Crippen MR) is 89.7 cm³/mol. The van der Waals surface area contributed by atoms with Crippen LogP contribution < -0.4 is 0 Å². The Morgan fingerprint density at radius 3 is 2.50 bits per heavy atom. The van der Waals surface area contributed by atoms with Crippen molar-refractivity contribution in [3.63, 3.8) is 0 Å². The molecule has 0 fully saturated rings. The molecule has 24 heavy (non-hydrogen) atoms. The normalized spacial score (nSPS) is 10.5. The quantitative estimate of drug-likeness (QED) is 0.499. The molecule has 0 saturated heterocycles. The fraction of sp³-hybridized carbons (Fsp3) is 0.118. The smallest absolute Gasteiger partial charge is 0.269 e. The second-order valence-electron chi connectivity index (χ2n) is 5.14. The Hall–Kier alpha value is -2.93. The Balaban J connectivity index is 1.81. The number of carbonyl (C=O) groups excluding carboxylic acids is 1. The van der Waals surface area contributed by atoms with Crippen molar-refractivity contribution in [2.75, 3.05) is 0 Å². The summed E-state index contributed by atoms with van der Waals surface area (Å²) in [4.78, 5) is 25.3. The van der Waals surface area contributed by atoms with Gasteiger partial charge in [-0.2, -0.15) is 0 Å². The monoisotopic (exact) mass is 342 g/mol. The highest BCUT2D eigenvalue weighted by atomic mass is 32.1. The molecule has 3 aromatic rings. The third-order valence-corrected chi connectivity index (χ3v) is 4.32. The van der Waals surface area contributed by atoms with E-state index in [0.717, 1.165) is 5.56 Å². The molecule has 1 amide bonds. The lowest BCUT2D eigenvalue weighted by atomic mass is 10.2. The number of rotatable bonds is 6. The lowest BCUT2D eigenvalue weighted by molar-refractivity contribution is -0.384. The van der Waals surface area contributed by atoms with Crippen molar-refractivity contribution in [1.82, 2.24) is 4.90 Å². The fourth-order valence-electron chi connectivity index (χ4n) is 2.29. The number of amides is 1. The minimum atomic E-state index is -0.443. The van der Waals surface area contributed by atoms with Gasteiger partial charge in [0.15, 0.2) is 0 Å². The van der Waals surface area contributed by atoms with Gasteiger partial charge in [-0.05, 0) is 29.1 Å². The molecule has 0 unspecified atom stereocenters. The number of furan rings is 1. The van der Waals surface area contributed by atoms with E-state index in [1.807, 2.05) is 17.5 Å². The van der Waals surface area contributed by atoms with Crippen LogP contribution in [-0.2, 0) is 13.1 Å². The lowest BCUT2D eigenvalue weighted by Gasteiger charge is -2.21. The van der Waals surface area contributed by atoms with Gasteiger partial charge in [0.05, 0.1) is 22.6 Å². The van der Waals surface area contributed by atoms with E-state index in [1.165, 1.54) is 23.5 Å². The van der Waals surface area contributed by atoms with Crippen LogP contribution in [0.5, 0.6) is 0 Å². The first kappa shape index (κ1) is 15.9. The van der Waals surface area contributed by atoms with Crippen LogP contribution in [-0.4, -0.2) is 15.7 Å². The predicted octanol–water partition coefficient (Wildman–Crippen LogP) is 4.09. The zero-order chi connectivity index (χ0) is 16.9. The molecule has 1 aromatic carbocycles. The van der Waals surface area contributed by atoms with Crippen LogP contribution in [0.25, 0.3) is 0 Å². The van der Waals surface area contributed by atoms with Gasteiger partial charge in [0, 0.05) is 18.7 Å². The molecule has 0 saturated carbocycles. The maximum Gasteiger partial charge on any atom is 0.269 e. The average molecular weight is 342 g/mol. The number of nitro benzene ring substituents is 1. The van der Waals surface area contributed by atoms with Gasteiger partial charge in [-0.25, -0.2) is 0 Å². The van der Waals surface area contributed by atoms with Gasteiger partial charge >= 0.3 is 0 Å². The summed E-state index contributed by atoms with van der Waals surface area (Å²) in [5.74, 6) is 0.585. The van der Waals surface area contributed by atoms with Gasteiger partial charge in [0.1, 0.15) is 5.76 Å². The van der Waals surface area contributed by atoms with E-state index < -0.39 is 4.92 Å². The molecule has 2 heterocycles. The topological polar surface area (TPSA) is 76.6 Å². The summed E-state index contributed by atoms with van der Waals surface area (Å²) in [5, 5.41) is 12.6. The highest BCUT2D eigenvalue weighted by molar-refractivity contribution is 7.12. The van der Waals surface area contributed by atoms with Gasteiger partial charge in [-0.15, -0.1) is 11.3 Å². The highest BCUT2D eigenvalue weighted by Gasteiger charge is 2.19. The van der Waals surface area contributed by atoms with E-state index in [1.54, 1.807) is 35.4 Å². The Labute approximate surface area is 142 Å². The summed E-state index contributed by atoms with van der Waals surface area (Å²) in [6.07, 6.45) is 1.56. The second-order valence-corrected chi connectivity index (χ2v) is 6.09. The molecule has 6 nitrogen and oxygen atoms in total. The molecule has 0 spiro atoms. The Morgan fingerprint density at radius 1 is 1.12 bits per heavy atom. The van der Waals surface area contributed by atoms with Gasteiger partial charge in [0.2, 0.25) is 0 Å². The minimum absolute atomic E-state index is 0.0286. The Bertz CT molecular complexity index is 811. The van der Waals surface area contributed by atoms with Crippen molar-refractivity contribution in [3.05, 3.63) is 86.5 Å². The third kappa shape index (κ3) is 3.69. The van der Waals surface area contributed by atoms with Crippen molar-refractivity contribution < 1.29 is 14.1 Å². The highest BCUT2D eigenvalue weighted by Crippen LogP contribution is 2.19. The number of thiophene rings is 1. The largest absolute Gasteiger partial charge is 0.467 e. The fourth-order valence-corrected chi connectivity index (χ4v) is 2.98. The summed E-state index contributed by atoms with van der Waals surface area (Å²) in [7, 11) is 0. The number of non-ortho nitro benzene ring substituents is 1. The van der Waals surface area contributed by atoms with Crippen LogP contribution in [0.2, 0.25) is 0 Å². The second kappa shape index (κ2) is 7.10. The van der Waals surface area contributed by atoms with Crippen molar-refractivity contribution in [2.45, 2.75) is 13.1 Å². The van der Waals surface area contributed by atoms with Gasteiger partial charge in [-0.1, -0.05) is 18.2 Å². The van der Waals surface area contributed by atoms with E-state index in [2.05, 4.69) is 0 Å². The summed E-state index contributed by atoms with van der Waals surface area (Å²) < 4.78 is 5.34. The van der Waals surface area contributed by atoms with E-state index >= 15 is 0 Å². The molecular weight excluding hydrogens is 328 g/mol. The van der Waals surface area contributed by atoms with Crippen LogP contribution in [0.4, 0.5) is 5.69 Å². The first-order valence-corrected chi connectivity index (χ1v) is 8.10. The molecule has 0 radical (unpaired) electrons. The summed E-state index contributed by atoms with van der Waals surface area (Å²) in [5.41, 5.74) is 0.845. The van der Waals surface area contributed by atoms with Crippen LogP contribution in [0.1, 0.15) is 21.0 Å². The number of benzene rings is 1.